The van der Waals surface area contributed by atoms with Crippen LogP contribution in [0.1, 0.15) is 19.8 Å². The van der Waals surface area contributed by atoms with Gasteiger partial charge in [0, 0.05) is 26.7 Å². The molecule has 126 valence electrons. The third-order valence-electron chi connectivity index (χ3n) is 5.00. The van der Waals surface area contributed by atoms with Crippen LogP contribution in [0.5, 0.6) is 0 Å². The van der Waals surface area contributed by atoms with Gasteiger partial charge in [-0.25, -0.2) is 19.7 Å². The van der Waals surface area contributed by atoms with Gasteiger partial charge in [-0.1, -0.05) is 0 Å². The van der Waals surface area contributed by atoms with E-state index >= 15 is 0 Å². The molecule has 0 bridgehead atoms. The molecule has 0 atom stereocenters. The minimum atomic E-state index is -0.767. The predicted molar refractivity (Wildman–Crippen MR) is 86.5 cm³/mol. The molecule has 0 aromatic carbocycles. The van der Waals surface area contributed by atoms with Crippen LogP contribution in [-0.2, 0) is 11.3 Å². The van der Waals surface area contributed by atoms with Gasteiger partial charge in [0.15, 0.2) is 17.0 Å². The first-order valence-corrected chi connectivity index (χ1v) is 8.07. The molecule has 3 amide bonds. The van der Waals surface area contributed by atoms with E-state index in [-0.39, 0.29) is 11.9 Å². The molecule has 9 heteroatoms. The van der Waals surface area contributed by atoms with Crippen LogP contribution in [0.2, 0.25) is 0 Å². The highest BCUT2D eigenvalue weighted by molar-refractivity contribution is 6.07. The SMILES string of the molecule is CCn1cnc2c(N3CCC4(CC3)NC(=O)N(C)C4=O)ncnc21. The molecule has 9 nitrogen and oxygen atoms in total. The van der Waals surface area contributed by atoms with Gasteiger partial charge < -0.3 is 14.8 Å². The van der Waals surface area contributed by atoms with E-state index < -0.39 is 5.54 Å². The summed E-state index contributed by atoms with van der Waals surface area (Å²) in [5.74, 6) is 0.641. The highest BCUT2D eigenvalue weighted by Crippen LogP contribution is 2.32. The largest absolute Gasteiger partial charge is 0.354 e. The molecule has 1 N–H and O–H groups in total. The number of imide groups is 1. The number of aryl methyl sites for hydroxylation is 1. The Labute approximate surface area is 138 Å². The lowest BCUT2D eigenvalue weighted by Gasteiger charge is -2.37. The van der Waals surface area contributed by atoms with Gasteiger partial charge in [-0.3, -0.25) is 9.69 Å². The highest BCUT2D eigenvalue weighted by Gasteiger charge is 2.51. The zero-order chi connectivity index (χ0) is 16.9. The maximum absolute atomic E-state index is 12.4. The summed E-state index contributed by atoms with van der Waals surface area (Å²) in [4.78, 5) is 40.6. The molecule has 2 aliphatic heterocycles. The van der Waals surface area contributed by atoms with Crippen LogP contribution in [0.3, 0.4) is 0 Å². The average Bonchev–Trinajstić information content (AvgIpc) is 3.11. The minimum absolute atomic E-state index is 0.143. The molecule has 1 spiro atoms. The van der Waals surface area contributed by atoms with Gasteiger partial charge in [-0.05, 0) is 19.8 Å². The van der Waals surface area contributed by atoms with E-state index in [2.05, 4.69) is 25.2 Å². The van der Waals surface area contributed by atoms with E-state index in [1.165, 1.54) is 11.9 Å². The number of urea groups is 1. The number of anilines is 1. The van der Waals surface area contributed by atoms with Crippen LogP contribution in [-0.4, -0.2) is 62.0 Å². The van der Waals surface area contributed by atoms with Crippen LogP contribution in [0.4, 0.5) is 10.6 Å². The van der Waals surface area contributed by atoms with Gasteiger partial charge >= 0.3 is 6.03 Å². The molecule has 2 aromatic rings. The Hall–Kier alpha value is -2.71. The van der Waals surface area contributed by atoms with E-state index in [1.54, 1.807) is 12.7 Å². The number of amides is 3. The van der Waals surface area contributed by atoms with Gasteiger partial charge in [0.1, 0.15) is 11.9 Å². The van der Waals surface area contributed by atoms with Crippen molar-refractivity contribution in [3.05, 3.63) is 12.7 Å². The van der Waals surface area contributed by atoms with Crippen molar-refractivity contribution in [3.8, 4) is 0 Å². The summed E-state index contributed by atoms with van der Waals surface area (Å²) in [6.45, 7) is 4.09. The highest BCUT2D eigenvalue weighted by atomic mass is 16.2. The third kappa shape index (κ3) is 1.97. The van der Waals surface area contributed by atoms with Gasteiger partial charge in [0.05, 0.1) is 6.33 Å². The first kappa shape index (κ1) is 14.9. The molecule has 4 heterocycles. The van der Waals surface area contributed by atoms with E-state index in [9.17, 15) is 9.59 Å². The molecule has 0 saturated carbocycles. The minimum Gasteiger partial charge on any atom is -0.354 e. The van der Waals surface area contributed by atoms with Crippen LogP contribution >= 0.6 is 0 Å². The van der Waals surface area contributed by atoms with Crippen molar-refractivity contribution in [2.24, 2.45) is 0 Å². The first-order valence-electron chi connectivity index (χ1n) is 8.07. The number of likely N-dealkylation sites (N-methyl/N-ethyl adjacent to an activating group) is 1. The van der Waals surface area contributed by atoms with Crippen molar-refractivity contribution >= 4 is 28.9 Å². The smallest absolute Gasteiger partial charge is 0.324 e. The number of nitrogens with one attached hydrogen (secondary N) is 1. The van der Waals surface area contributed by atoms with Crippen molar-refractivity contribution in [2.75, 3.05) is 25.0 Å². The Kier molecular flexibility index (Phi) is 3.19. The topological polar surface area (TPSA) is 96.2 Å². The fourth-order valence-corrected chi connectivity index (χ4v) is 3.53. The fraction of sp³-hybridized carbons (Fsp3) is 0.533. The van der Waals surface area contributed by atoms with Gasteiger partial charge in [0.25, 0.3) is 5.91 Å². The summed E-state index contributed by atoms with van der Waals surface area (Å²) in [6.07, 6.45) is 4.43. The molecular weight excluding hydrogens is 310 g/mol. The molecule has 0 unspecified atom stereocenters. The standard InChI is InChI=1S/C15H19N7O2/c1-3-21-9-18-10-11(21)16-8-17-12(10)22-6-4-15(5-7-22)13(23)20(2)14(24)19-15/h8-9H,3-7H2,1-2H3,(H,19,24). The molecule has 4 rings (SSSR count). The molecule has 2 aliphatic rings. The summed E-state index contributed by atoms with van der Waals surface area (Å²) in [6, 6.07) is -0.320. The number of piperidine rings is 1. The summed E-state index contributed by atoms with van der Waals surface area (Å²) in [5.41, 5.74) is 0.819. The number of carbonyl (C=O) groups is 2. The second-order valence-corrected chi connectivity index (χ2v) is 6.26. The Morgan fingerprint density at radius 3 is 2.58 bits per heavy atom. The number of hydrogen-bond donors (Lipinski definition) is 1. The zero-order valence-corrected chi connectivity index (χ0v) is 13.7. The molecule has 2 fully saturated rings. The first-order chi connectivity index (χ1) is 11.6. The molecule has 0 aliphatic carbocycles. The van der Waals surface area contributed by atoms with E-state index in [4.69, 9.17) is 0 Å². The lowest BCUT2D eigenvalue weighted by Crippen LogP contribution is -2.55. The Morgan fingerprint density at radius 2 is 1.96 bits per heavy atom. The third-order valence-corrected chi connectivity index (χ3v) is 5.00. The van der Waals surface area contributed by atoms with Crippen molar-refractivity contribution in [1.82, 2.24) is 29.7 Å². The van der Waals surface area contributed by atoms with Crippen LogP contribution in [0.15, 0.2) is 12.7 Å². The Balaban J connectivity index is 1.60. The van der Waals surface area contributed by atoms with Crippen LogP contribution in [0, 0.1) is 0 Å². The van der Waals surface area contributed by atoms with Crippen molar-refractivity contribution in [2.45, 2.75) is 31.8 Å². The van der Waals surface area contributed by atoms with Crippen LogP contribution < -0.4 is 10.2 Å². The summed E-state index contributed by atoms with van der Waals surface area (Å²) >= 11 is 0. The quantitative estimate of drug-likeness (QED) is 0.800. The lowest BCUT2D eigenvalue weighted by molar-refractivity contribution is -0.131. The second-order valence-electron chi connectivity index (χ2n) is 6.26. The summed E-state index contributed by atoms with van der Waals surface area (Å²) in [5, 5.41) is 2.85. The number of aromatic nitrogens is 4. The number of nitrogens with zero attached hydrogens (tertiary/aromatic N) is 6. The average molecular weight is 329 g/mol. The lowest BCUT2D eigenvalue weighted by atomic mass is 9.87. The maximum Gasteiger partial charge on any atom is 0.324 e. The van der Waals surface area contributed by atoms with E-state index in [0.29, 0.717) is 25.9 Å². The molecule has 0 radical (unpaired) electrons. The van der Waals surface area contributed by atoms with Gasteiger partial charge in [-0.2, -0.15) is 0 Å². The normalized spacial score (nSPS) is 20.2. The number of hydrogen-bond acceptors (Lipinski definition) is 6. The number of rotatable bonds is 2. The summed E-state index contributed by atoms with van der Waals surface area (Å²) in [7, 11) is 1.52. The summed E-state index contributed by atoms with van der Waals surface area (Å²) < 4.78 is 1.97. The van der Waals surface area contributed by atoms with Crippen molar-refractivity contribution in [1.29, 1.82) is 0 Å². The Bertz CT molecular complexity index is 822. The van der Waals surface area contributed by atoms with Crippen molar-refractivity contribution < 1.29 is 9.59 Å². The molecule has 2 saturated heterocycles. The monoisotopic (exact) mass is 329 g/mol. The van der Waals surface area contributed by atoms with Crippen molar-refractivity contribution in [3.63, 3.8) is 0 Å². The van der Waals surface area contributed by atoms with Gasteiger partial charge in [0.2, 0.25) is 0 Å². The zero-order valence-electron chi connectivity index (χ0n) is 13.7. The maximum atomic E-state index is 12.4. The number of fused-ring (bicyclic) bond motifs is 1. The Morgan fingerprint density at radius 1 is 1.21 bits per heavy atom. The van der Waals surface area contributed by atoms with E-state index in [0.717, 1.165) is 23.5 Å². The van der Waals surface area contributed by atoms with Crippen LogP contribution in [0.25, 0.3) is 11.2 Å². The fourth-order valence-electron chi connectivity index (χ4n) is 3.53. The number of carbonyl (C=O) groups excluding carboxylic acids is 2. The van der Waals surface area contributed by atoms with Gasteiger partial charge in [-0.15, -0.1) is 0 Å². The predicted octanol–water partition coefficient (Wildman–Crippen LogP) is 0.367. The second kappa shape index (κ2) is 5.15. The molecule has 2 aromatic heterocycles. The van der Waals surface area contributed by atoms with E-state index in [1.807, 2.05) is 11.5 Å². The number of imidazole rings is 1. The molecular formula is C15H19N7O2. The molecule has 24 heavy (non-hydrogen) atoms.